The maximum atomic E-state index is 11.9. The van der Waals surface area contributed by atoms with Crippen molar-refractivity contribution in [3.63, 3.8) is 0 Å². The van der Waals surface area contributed by atoms with Crippen LogP contribution in [0.4, 0.5) is 10.5 Å². The number of carbonyl (C=O) groups is 2. The van der Waals surface area contributed by atoms with Crippen molar-refractivity contribution >= 4 is 17.6 Å². The van der Waals surface area contributed by atoms with Crippen molar-refractivity contribution in [2.24, 2.45) is 5.73 Å². The first kappa shape index (κ1) is 17.8. The van der Waals surface area contributed by atoms with Crippen LogP contribution in [0.2, 0.25) is 0 Å². The van der Waals surface area contributed by atoms with Crippen molar-refractivity contribution in [1.29, 1.82) is 0 Å². The van der Waals surface area contributed by atoms with Crippen molar-refractivity contribution in [2.45, 2.75) is 38.5 Å². The Morgan fingerprint density at radius 1 is 1.17 bits per heavy atom. The fraction of sp³-hybridized carbons (Fsp3) is 0.444. The summed E-state index contributed by atoms with van der Waals surface area (Å²) in [5, 5.41) is 5.65. The zero-order valence-electron chi connectivity index (χ0n) is 13.8. The Labute approximate surface area is 142 Å². The third kappa shape index (κ3) is 6.73. The largest absolute Gasteiger partial charge is 0.493 e. The summed E-state index contributed by atoms with van der Waals surface area (Å²) in [6.07, 6.45) is 8.24. The molecule has 1 aromatic carbocycles. The van der Waals surface area contributed by atoms with Crippen LogP contribution in [0.3, 0.4) is 0 Å². The number of anilines is 1. The van der Waals surface area contributed by atoms with E-state index in [9.17, 15) is 9.59 Å². The standard InChI is InChI=1S/C18H25N3O3/c19-17(22)11-13-24-16-8-6-15(7-9-16)21-18(23)20-12-10-14-4-2-1-3-5-14/h4,6-9H,1-3,5,10-13H2,(H2,19,22)(H2,20,21,23). The van der Waals surface area contributed by atoms with E-state index in [1.165, 1.54) is 18.4 Å². The van der Waals surface area contributed by atoms with Gasteiger partial charge in [0.25, 0.3) is 0 Å². The van der Waals surface area contributed by atoms with Gasteiger partial charge in [0.15, 0.2) is 0 Å². The molecule has 0 fully saturated rings. The number of benzene rings is 1. The van der Waals surface area contributed by atoms with Crippen LogP contribution in [0, 0.1) is 0 Å². The predicted molar refractivity (Wildman–Crippen MR) is 93.9 cm³/mol. The first-order valence-electron chi connectivity index (χ1n) is 8.37. The lowest BCUT2D eigenvalue weighted by Crippen LogP contribution is -2.29. The molecule has 0 aliphatic heterocycles. The molecule has 0 unspecified atom stereocenters. The van der Waals surface area contributed by atoms with Crippen LogP contribution in [-0.2, 0) is 4.79 Å². The van der Waals surface area contributed by atoms with Crippen LogP contribution in [0.1, 0.15) is 38.5 Å². The SMILES string of the molecule is NC(=O)CCOc1ccc(NC(=O)NCCC2=CCCCC2)cc1. The van der Waals surface area contributed by atoms with Crippen molar-refractivity contribution in [3.05, 3.63) is 35.9 Å². The van der Waals surface area contributed by atoms with E-state index in [1.54, 1.807) is 24.3 Å². The molecule has 0 heterocycles. The molecular formula is C18H25N3O3. The highest BCUT2D eigenvalue weighted by molar-refractivity contribution is 5.89. The lowest BCUT2D eigenvalue weighted by atomic mass is 9.97. The summed E-state index contributed by atoms with van der Waals surface area (Å²) in [6.45, 7) is 0.893. The maximum absolute atomic E-state index is 11.9. The molecule has 1 aliphatic rings. The Balaban J connectivity index is 1.67. The molecule has 1 aromatic rings. The highest BCUT2D eigenvalue weighted by Crippen LogP contribution is 2.19. The second-order valence-corrected chi connectivity index (χ2v) is 5.83. The summed E-state index contributed by atoms with van der Waals surface area (Å²) in [7, 11) is 0. The number of nitrogens with two attached hydrogens (primary N) is 1. The zero-order valence-corrected chi connectivity index (χ0v) is 13.8. The van der Waals surface area contributed by atoms with Crippen LogP contribution in [-0.4, -0.2) is 25.1 Å². The number of ether oxygens (including phenoxy) is 1. The lowest BCUT2D eigenvalue weighted by molar-refractivity contribution is -0.118. The second-order valence-electron chi connectivity index (χ2n) is 5.83. The number of hydrogen-bond donors (Lipinski definition) is 3. The van der Waals surface area contributed by atoms with Crippen LogP contribution >= 0.6 is 0 Å². The molecule has 130 valence electrons. The molecule has 0 aromatic heterocycles. The minimum atomic E-state index is -0.394. The molecule has 6 nitrogen and oxygen atoms in total. The summed E-state index contributed by atoms with van der Waals surface area (Å²) in [6, 6.07) is 6.77. The minimum absolute atomic E-state index is 0.179. The van der Waals surface area contributed by atoms with Gasteiger partial charge in [0.1, 0.15) is 5.75 Å². The van der Waals surface area contributed by atoms with Gasteiger partial charge in [0, 0.05) is 12.2 Å². The van der Waals surface area contributed by atoms with Crippen LogP contribution < -0.4 is 21.1 Å². The van der Waals surface area contributed by atoms with Crippen molar-refractivity contribution < 1.29 is 14.3 Å². The van der Waals surface area contributed by atoms with E-state index in [-0.39, 0.29) is 19.1 Å². The molecule has 0 saturated carbocycles. The van der Waals surface area contributed by atoms with Crippen molar-refractivity contribution in [1.82, 2.24) is 5.32 Å². The van der Waals surface area contributed by atoms with Gasteiger partial charge in [-0.1, -0.05) is 11.6 Å². The Morgan fingerprint density at radius 3 is 2.62 bits per heavy atom. The van der Waals surface area contributed by atoms with E-state index in [2.05, 4.69) is 16.7 Å². The second kappa shape index (κ2) is 9.60. The third-order valence-corrected chi connectivity index (χ3v) is 3.85. The average molecular weight is 331 g/mol. The third-order valence-electron chi connectivity index (χ3n) is 3.85. The van der Waals surface area contributed by atoms with Gasteiger partial charge in [-0.05, 0) is 56.4 Å². The van der Waals surface area contributed by atoms with Crippen LogP contribution in [0.15, 0.2) is 35.9 Å². The molecule has 0 spiro atoms. The molecule has 6 heteroatoms. The molecule has 0 radical (unpaired) electrons. The molecule has 2 rings (SSSR count). The van der Waals surface area contributed by atoms with E-state index in [1.807, 2.05) is 0 Å². The summed E-state index contributed by atoms with van der Waals surface area (Å²) in [5.74, 6) is 0.236. The van der Waals surface area contributed by atoms with E-state index < -0.39 is 5.91 Å². The lowest BCUT2D eigenvalue weighted by Gasteiger charge is -2.13. The first-order chi connectivity index (χ1) is 11.6. The molecule has 0 atom stereocenters. The highest BCUT2D eigenvalue weighted by Gasteiger charge is 2.05. The maximum Gasteiger partial charge on any atom is 0.319 e. The highest BCUT2D eigenvalue weighted by atomic mass is 16.5. The number of carbonyl (C=O) groups excluding carboxylic acids is 2. The molecule has 24 heavy (non-hydrogen) atoms. The van der Waals surface area contributed by atoms with E-state index in [0.717, 1.165) is 19.3 Å². The summed E-state index contributed by atoms with van der Waals surface area (Å²) < 4.78 is 5.37. The number of primary amides is 1. The van der Waals surface area contributed by atoms with Gasteiger partial charge in [0.2, 0.25) is 5.91 Å². The first-order valence-corrected chi connectivity index (χ1v) is 8.37. The van der Waals surface area contributed by atoms with Gasteiger partial charge in [0.05, 0.1) is 13.0 Å². The Kier molecular flexibility index (Phi) is 7.14. The summed E-state index contributed by atoms with van der Waals surface area (Å²) in [5.41, 5.74) is 7.18. The topological polar surface area (TPSA) is 93.5 Å². The van der Waals surface area contributed by atoms with Crippen LogP contribution in [0.5, 0.6) is 5.75 Å². The molecule has 0 saturated heterocycles. The van der Waals surface area contributed by atoms with Gasteiger partial charge < -0.3 is 21.1 Å². The fourth-order valence-electron chi connectivity index (χ4n) is 2.55. The van der Waals surface area contributed by atoms with Gasteiger partial charge in [-0.25, -0.2) is 4.79 Å². The van der Waals surface area contributed by atoms with Crippen molar-refractivity contribution in [2.75, 3.05) is 18.5 Å². The van der Waals surface area contributed by atoms with Gasteiger partial charge in [-0.3, -0.25) is 4.79 Å². The number of amides is 3. The number of hydrogen-bond acceptors (Lipinski definition) is 3. The minimum Gasteiger partial charge on any atom is -0.493 e. The average Bonchev–Trinajstić information content (AvgIpc) is 2.57. The van der Waals surface area contributed by atoms with Crippen LogP contribution in [0.25, 0.3) is 0 Å². The molecule has 0 bridgehead atoms. The Hall–Kier alpha value is -2.50. The Morgan fingerprint density at radius 2 is 1.96 bits per heavy atom. The van der Waals surface area contributed by atoms with Gasteiger partial charge >= 0.3 is 6.03 Å². The smallest absolute Gasteiger partial charge is 0.319 e. The Bertz CT molecular complexity index is 582. The van der Waals surface area contributed by atoms with E-state index in [0.29, 0.717) is 18.0 Å². The monoisotopic (exact) mass is 331 g/mol. The predicted octanol–water partition coefficient (Wildman–Crippen LogP) is 2.95. The molecular weight excluding hydrogens is 306 g/mol. The number of allylic oxidation sites excluding steroid dienone is 1. The summed E-state index contributed by atoms with van der Waals surface area (Å²) >= 11 is 0. The quantitative estimate of drug-likeness (QED) is 0.639. The summed E-state index contributed by atoms with van der Waals surface area (Å²) in [4.78, 5) is 22.5. The molecule has 4 N–H and O–H groups in total. The van der Waals surface area contributed by atoms with E-state index in [4.69, 9.17) is 10.5 Å². The number of rotatable bonds is 8. The normalized spacial score (nSPS) is 13.8. The van der Waals surface area contributed by atoms with E-state index >= 15 is 0 Å². The fourth-order valence-corrected chi connectivity index (χ4v) is 2.55. The molecule has 3 amide bonds. The number of nitrogens with one attached hydrogen (secondary N) is 2. The zero-order chi connectivity index (χ0) is 17.2. The van der Waals surface area contributed by atoms with Gasteiger partial charge in [-0.2, -0.15) is 0 Å². The molecule has 1 aliphatic carbocycles. The van der Waals surface area contributed by atoms with Gasteiger partial charge in [-0.15, -0.1) is 0 Å². The number of urea groups is 1. The van der Waals surface area contributed by atoms with Crippen molar-refractivity contribution in [3.8, 4) is 5.75 Å².